The van der Waals surface area contributed by atoms with Crippen molar-refractivity contribution in [2.75, 3.05) is 7.05 Å². The first-order valence-electron chi connectivity index (χ1n) is 5.83. The predicted molar refractivity (Wildman–Crippen MR) is 72.4 cm³/mol. The zero-order chi connectivity index (χ0) is 13.0. The summed E-state index contributed by atoms with van der Waals surface area (Å²) in [6.45, 7) is 2.17. The number of aromatic nitrogens is 4. The summed E-state index contributed by atoms with van der Waals surface area (Å²) in [6, 6.07) is 10.7. The maximum atomic E-state index is 4.00. The molecule has 0 aliphatic rings. The molecule has 5 nitrogen and oxygen atoms in total. The lowest BCUT2D eigenvalue weighted by molar-refractivity contribution is 0.585. The molecule has 18 heavy (non-hydrogen) atoms. The fraction of sp³-hybridized carbons (Fsp3) is 0.417. The van der Waals surface area contributed by atoms with E-state index in [0.717, 1.165) is 5.16 Å². The van der Waals surface area contributed by atoms with E-state index in [1.54, 1.807) is 16.4 Å². The van der Waals surface area contributed by atoms with Gasteiger partial charge in [-0.05, 0) is 23.0 Å². The fourth-order valence-corrected chi connectivity index (χ4v) is 2.92. The summed E-state index contributed by atoms with van der Waals surface area (Å²) in [5.74, 6) is 0. The van der Waals surface area contributed by atoms with E-state index in [4.69, 9.17) is 0 Å². The standard InChI is InChI=1S/C12H17N5S/c1-9(18-12-14-15-16-17(12)3)11(13-2)10-7-5-4-6-8-10/h4-9,11,13H,1-3H3. The molecule has 0 fully saturated rings. The number of nitrogens with zero attached hydrogens (tertiary/aromatic N) is 4. The Morgan fingerprint density at radius 1 is 1.28 bits per heavy atom. The number of nitrogens with one attached hydrogen (secondary N) is 1. The van der Waals surface area contributed by atoms with Gasteiger partial charge in [-0.15, -0.1) is 5.10 Å². The van der Waals surface area contributed by atoms with Crippen LogP contribution in [-0.2, 0) is 7.05 Å². The van der Waals surface area contributed by atoms with Crippen LogP contribution in [0.3, 0.4) is 0 Å². The Hall–Kier alpha value is -1.40. The number of tetrazole rings is 1. The maximum Gasteiger partial charge on any atom is 0.209 e. The molecule has 1 aromatic carbocycles. The second-order valence-electron chi connectivity index (χ2n) is 4.09. The van der Waals surface area contributed by atoms with Gasteiger partial charge < -0.3 is 5.32 Å². The molecule has 2 aromatic rings. The number of hydrogen-bond acceptors (Lipinski definition) is 5. The summed E-state index contributed by atoms with van der Waals surface area (Å²) in [5, 5.41) is 16.0. The van der Waals surface area contributed by atoms with Gasteiger partial charge in [0.05, 0.1) is 0 Å². The van der Waals surface area contributed by atoms with Crippen LogP contribution in [0.25, 0.3) is 0 Å². The van der Waals surface area contributed by atoms with E-state index in [9.17, 15) is 0 Å². The molecule has 0 saturated heterocycles. The van der Waals surface area contributed by atoms with Crippen molar-refractivity contribution in [3.05, 3.63) is 35.9 Å². The summed E-state index contributed by atoms with van der Waals surface area (Å²) in [7, 11) is 3.83. The van der Waals surface area contributed by atoms with Crippen molar-refractivity contribution in [2.24, 2.45) is 7.05 Å². The molecule has 96 valence electrons. The van der Waals surface area contributed by atoms with Crippen molar-refractivity contribution in [3.63, 3.8) is 0 Å². The predicted octanol–water partition coefficient (Wildman–Crippen LogP) is 1.65. The van der Waals surface area contributed by atoms with E-state index in [0.29, 0.717) is 5.25 Å². The average Bonchev–Trinajstić information content (AvgIpc) is 2.77. The molecule has 2 rings (SSSR count). The van der Waals surface area contributed by atoms with Gasteiger partial charge >= 0.3 is 0 Å². The van der Waals surface area contributed by atoms with Crippen molar-refractivity contribution >= 4 is 11.8 Å². The zero-order valence-electron chi connectivity index (χ0n) is 10.7. The molecule has 2 unspecified atom stereocenters. The SMILES string of the molecule is CNC(c1ccccc1)C(C)Sc1nnnn1C. The Morgan fingerprint density at radius 2 is 2.00 bits per heavy atom. The number of benzene rings is 1. The van der Waals surface area contributed by atoms with Gasteiger partial charge in [-0.1, -0.05) is 49.0 Å². The average molecular weight is 263 g/mol. The molecule has 1 N–H and O–H groups in total. The van der Waals surface area contributed by atoms with Crippen LogP contribution in [0.15, 0.2) is 35.5 Å². The van der Waals surface area contributed by atoms with Gasteiger partial charge in [0.1, 0.15) is 0 Å². The van der Waals surface area contributed by atoms with Crippen molar-refractivity contribution in [3.8, 4) is 0 Å². The topological polar surface area (TPSA) is 55.6 Å². The van der Waals surface area contributed by atoms with Crippen LogP contribution in [0, 0.1) is 0 Å². The first kappa shape index (κ1) is 13.0. The summed E-state index contributed by atoms with van der Waals surface area (Å²) < 4.78 is 1.69. The van der Waals surface area contributed by atoms with Crippen LogP contribution in [0.2, 0.25) is 0 Å². The molecule has 1 heterocycles. The lowest BCUT2D eigenvalue weighted by Crippen LogP contribution is -2.25. The molecule has 0 saturated carbocycles. The Bertz CT molecular complexity index is 484. The smallest absolute Gasteiger partial charge is 0.209 e. The van der Waals surface area contributed by atoms with E-state index in [1.807, 2.05) is 20.2 Å². The van der Waals surface area contributed by atoms with Crippen molar-refractivity contribution in [1.29, 1.82) is 0 Å². The number of hydrogen-bond donors (Lipinski definition) is 1. The first-order valence-corrected chi connectivity index (χ1v) is 6.71. The molecule has 1 aromatic heterocycles. The van der Waals surface area contributed by atoms with Gasteiger partial charge in [-0.25, -0.2) is 4.68 Å². The number of aryl methyl sites for hydroxylation is 1. The summed E-state index contributed by atoms with van der Waals surface area (Å²) in [4.78, 5) is 0. The lowest BCUT2D eigenvalue weighted by atomic mass is 10.0. The van der Waals surface area contributed by atoms with Gasteiger partial charge in [-0.2, -0.15) is 0 Å². The highest BCUT2D eigenvalue weighted by Gasteiger charge is 2.20. The minimum Gasteiger partial charge on any atom is -0.312 e. The molecular weight excluding hydrogens is 246 g/mol. The summed E-state index contributed by atoms with van der Waals surface area (Å²) in [6.07, 6.45) is 0. The van der Waals surface area contributed by atoms with Gasteiger partial charge in [-0.3, -0.25) is 0 Å². The molecule has 6 heteroatoms. The number of thioether (sulfide) groups is 1. The summed E-state index contributed by atoms with van der Waals surface area (Å²) in [5.41, 5.74) is 1.27. The highest BCUT2D eigenvalue weighted by molar-refractivity contribution is 7.99. The fourth-order valence-electron chi connectivity index (χ4n) is 1.89. The molecule has 2 atom stereocenters. The Kier molecular flexibility index (Phi) is 4.33. The lowest BCUT2D eigenvalue weighted by Gasteiger charge is -2.22. The van der Waals surface area contributed by atoms with Crippen molar-refractivity contribution in [1.82, 2.24) is 25.5 Å². The molecular formula is C12H17N5S. The van der Waals surface area contributed by atoms with Crippen molar-refractivity contribution in [2.45, 2.75) is 23.4 Å². The Balaban J connectivity index is 2.11. The molecule has 0 spiro atoms. The molecule has 0 aliphatic heterocycles. The molecule has 0 amide bonds. The van der Waals surface area contributed by atoms with Crippen LogP contribution >= 0.6 is 11.8 Å². The van der Waals surface area contributed by atoms with E-state index < -0.39 is 0 Å². The van der Waals surface area contributed by atoms with Crippen molar-refractivity contribution < 1.29 is 0 Å². The zero-order valence-corrected chi connectivity index (χ0v) is 11.6. The highest BCUT2D eigenvalue weighted by atomic mass is 32.2. The van der Waals surface area contributed by atoms with Crippen LogP contribution in [0.1, 0.15) is 18.5 Å². The largest absolute Gasteiger partial charge is 0.312 e. The quantitative estimate of drug-likeness (QED) is 0.831. The van der Waals surface area contributed by atoms with Gasteiger partial charge in [0.25, 0.3) is 0 Å². The summed E-state index contributed by atoms with van der Waals surface area (Å²) >= 11 is 1.67. The van der Waals surface area contributed by atoms with Gasteiger partial charge in [0.2, 0.25) is 5.16 Å². The number of rotatable bonds is 5. The van der Waals surface area contributed by atoms with Crippen LogP contribution < -0.4 is 5.32 Å². The Morgan fingerprint density at radius 3 is 2.56 bits per heavy atom. The second-order valence-corrected chi connectivity index (χ2v) is 5.43. The normalized spacial score (nSPS) is 14.4. The van der Waals surface area contributed by atoms with E-state index >= 15 is 0 Å². The minimum atomic E-state index is 0.271. The monoisotopic (exact) mass is 263 g/mol. The molecule has 0 radical (unpaired) electrons. The third-order valence-electron chi connectivity index (χ3n) is 2.81. The third kappa shape index (κ3) is 2.88. The van der Waals surface area contributed by atoms with Gasteiger partial charge in [0, 0.05) is 18.3 Å². The first-order chi connectivity index (χ1) is 8.72. The minimum absolute atomic E-state index is 0.271. The van der Waals surface area contributed by atoms with E-state index in [1.165, 1.54) is 5.56 Å². The van der Waals surface area contributed by atoms with Crippen LogP contribution in [0.5, 0.6) is 0 Å². The van der Waals surface area contributed by atoms with Crippen LogP contribution in [0.4, 0.5) is 0 Å². The second kappa shape index (κ2) is 5.97. The third-order valence-corrected chi connectivity index (χ3v) is 4.01. The molecule has 0 bridgehead atoms. The van der Waals surface area contributed by atoms with E-state index in [2.05, 4.69) is 52.0 Å². The molecule has 0 aliphatic carbocycles. The van der Waals surface area contributed by atoms with E-state index in [-0.39, 0.29) is 6.04 Å². The van der Waals surface area contributed by atoms with Gasteiger partial charge in [0.15, 0.2) is 0 Å². The Labute approximate surface area is 111 Å². The maximum absolute atomic E-state index is 4.00. The highest BCUT2D eigenvalue weighted by Crippen LogP contribution is 2.29. The van der Waals surface area contributed by atoms with Crippen LogP contribution in [-0.4, -0.2) is 32.5 Å².